The summed E-state index contributed by atoms with van der Waals surface area (Å²) in [5.41, 5.74) is 2.54. The number of fused-ring (bicyclic) bond motifs is 1. The molecule has 4 rings (SSSR count). The minimum atomic E-state index is -3.59. The van der Waals surface area contributed by atoms with Crippen LogP contribution in [0.25, 0.3) is 10.2 Å². The molecular weight excluding hydrogens is 508 g/mol. The van der Waals surface area contributed by atoms with Crippen LogP contribution in [0.2, 0.25) is 0 Å². The molecule has 0 spiro atoms. The van der Waals surface area contributed by atoms with Gasteiger partial charge in [0, 0.05) is 44.8 Å². The highest BCUT2D eigenvalue weighted by molar-refractivity contribution is 7.89. The van der Waals surface area contributed by atoms with Crippen molar-refractivity contribution in [2.45, 2.75) is 38.5 Å². The molecule has 0 atom stereocenters. The van der Waals surface area contributed by atoms with E-state index < -0.39 is 10.0 Å². The van der Waals surface area contributed by atoms with Crippen LogP contribution in [-0.4, -0.2) is 81.0 Å². The molecule has 37 heavy (non-hydrogen) atoms. The summed E-state index contributed by atoms with van der Waals surface area (Å²) < 4.78 is 33.7. The smallest absolute Gasteiger partial charge is 0.260 e. The van der Waals surface area contributed by atoms with Crippen molar-refractivity contribution in [3.63, 3.8) is 0 Å². The number of anilines is 1. The Hall–Kier alpha value is -2.37. The Kier molecular flexibility index (Phi) is 9.31. The molecule has 1 aliphatic heterocycles. The fraction of sp³-hybridized carbons (Fsp3) is 0.481. The van der Waals surface area contributed by atoms with Crippen molar-refractivity contribution < 1.29 is 17.9 Å². The summed E-state index contributed by atoms with van der Waals surface area (Å²) in [6.07, 6.45) is 1.67. The molecule has 1 aromatic heterocycles. The second-order valence-corrected chi connectivity index (χ2v) is 11.9. The largest absolute Gasteiger partial charge is 0.379 e. The number of thiazole rings is 1. The van der Waals surface area contributed by atoms with E-state index in [0.717, 1.165) is 61.5 Å². The highest BCUT2D eigenvalue weighted by Crippen LogP contribution is 2.32. The number of para-hydroxylation sites is 1. The summed E-state index contributed by atoms with van der Waals surface area (Å²) in [6, 6.07) is 12.4. The molecule has 3 aromatic rings. The third-order valence-electron chi connectivity index (χ3n) is 6.75. The molecule has 2 aromatic carbocycles. The number of rotatable bonds is 11. The van der Waals surface area contributed by atoms with Crippen LogP contribution in [0, 0.1) is 0 Å². The zero-order valence-corrected chi connectivity index (χ0v) is 23.5. The monoisotopic (exact) mass is 544 g/mol. The van der Waals surface area contributed by atoms with Crippen molar-refractivity contribution >= 4 is 42.6 Å². The van der Waals surface area contributed by atoms with Crippen molar-refractivity contribution in [2.75, 3.05) is 57.4 Å². The average molecular weight is 545 g/mol. The molecule has 0 radical (unpaired) electrons. The van der Waals surface area contributed by atoms with Crippen LogP contribution < -0.4 is 4.90 Å². The lowest BCUT2D eigenvalue weighted by Crippen LogP contribution is -2.39. The predicted octanol–water partition coefficient (Wildman–Crippen LogP) is 4.26. The van der Waals surface area contributed by atoms with Crippen molar-refractivity contribution in [1.29, 1.82) is 0 Å². The van der Waals surface area contributed by atoms with E-state index >= 15 is 0 Å². The number of aryl methyl sites for hydroxylation is 1. The Morgan fingerprint density at radius 3 is 2.41 bits per heavy atom. The normalized spacial score (nSPS) is 14.9. The van der Waals surface area contributed by atoms with Crippen LogP contribution in [0.3, 0.4) is 0 Å². The predicted molar refractivity (Wildman–Crippen MR) is 149 cm³/mol. The topological polar surface area (TPSA) is 83.0 Å². The molecule has 8 nitrogen and oxygen atoms in total. The van der Waals surface area contributed by atoms with Crippen LogP contribution in [0.5, 0.6) is 0 Å². The van der Waals surface area contributed by atoms with Gasteiger partial charge in [-0.05, 0) is 48.7 Å². The lowest BCUT2D eigenvalue weighted by atomic mass is 10.1. The Balaban J connectivity index is 1.60. The fourth-order valence-corrected chi connectivity index (χ4v) is 7.09. The molecule has 10 heteroatoms. The number of aromatic nitrogens is 1. The lowest BCUT2D eigenvalue weighted by molar-refractivity contribution is 0.0376. The summed E-state index contributed by atoms with van der Waals surface area (Å²) >= 11 is 1.52. The molecular formula is C27H36N4O4S2. The first-order valence-corrected chi connectivity index (χ1v) is 15.2. The van der Waals surface area contributed by atoms with E-state index in [9.17, 15) is 13.2 Å². The summed E-state index contributed by atoms with van der Waals surface area (Å²) in [5, 5.41) is 0.669. The third kappa shape index (κ3) is 6.21. The Morgan fingerprint density at radius 1 is 1.05 bits per heavy atom. The number of morpholine rings is 1. The quantitative estimate of drug-likeness (QED) is 0.359. The number of carbonyl (C=O) groups is 1. The number of hydrogen-bond acceptors (Lipinski definition) is 7. The highest BCUT2D eigenvalue weighted by atomic mass is 32.2. The van der Waals surface area contributed by atoms with E-state index in [2.05, 4.69) is 17.9 Å². The van der Waals surface area contributed by atoms with Gasteiger partial charge in [-0.15, -0.1) is 0 Å². The minimum Gasteiger partial charge on any atom is -0.379 e. The molecule has 1 saturated heterocycles. The molecule has 0 unspecified atom stereocenters. The van der Waals surface area contributed by atoms with Gasteiger partial charge in [-0.1, -0.05) is 44.2 Å². The van der Waals surface area contributed by atoms with Crippen molar-refractivity contribution in [3.05, 3.63) is 53.6 Å². The van der Waals surface area contributed by atoms with Crippen LogP contribution in [0.15, 0.2) is 47.4 Å². The van der Waals surface area contributed by atoms with Gasteiger partial charge >= 0.3 is 0 Å². The molecule has 1 fully saturated rings. The maximum Gasteiger partial charge on any atom is 0.260 e. The van der Waals surface area contributed by atoms with Gasteiger partial charge in [0.25, 0.3) is 5.91 Å². The van der Waals surface area contributed by atoms with Crippen molar-refractivity contribution in [1.82, 2.24) is 14.2 Å². The molecule has 2 heterocycles. The molecule has 0 N–H and O–H groups in total. The number of nitrogens with zero attached hydrogens (tertiary/aromatic N) is 4. The zero-order chi connectivity index (χ0) is 26.4. The van der Waals surface area contributed by atoms with E-state index in [1.54, 1.807) is 17.0 Å². The molecule has 200 valence electrons. The standard InChI is InChI=1S/C27H36N4O4S2/c1-4-21-9-7-10-24-25(21)28-27(36-24)31(16-8-15-29-17-19-35-20-18-29)26(32)22-11-13-23(14-12-22)37(33,34)30(5-2)6-3/h7,9-14H,4-6,8,15-20H2,1-3H3. The van der Waals surface area contributed by atoms with Gasteiger partial charge in [0.2, 0.25) is 10.0 Å². The number of benzene rings is 2. The van der Waals surface area contributed by atoms with Gasteiger partial charge in [-0.2, -0.15) is 4.31 Å². The van der Waals surface area contributed by atoms with Crippen LogP contribution in [0.1, 0.15) is 43.1 Å². The fourth-order valence-electron chi connectivity index (χ4n) is 4.59. The van der Waals surface area contributed by atoms with Crippen LogP contribution in [0.4, 0.5) is 5.13 Å². The first-order chi connectivity index (χ1) is 17.9. The van der Waals surface area contributed by atoms with Gasteiger partial charge in [-0.25, -0.2) is 13.4 Å². The molecule has 1 amide bonds. The zero-order valence-electron chi connectivity index (χ0n) is 21.9. The number of ether oxygens (including phenoxy) is 1. The minimum absolute atomic E-state index is 0.175. The van der Waals surface area contributed by atoms with Gasteiger partial charge in [0.1, 0.15) is 0 Å². The Bertz CT molecular complexity index is 1300. The first-order valence-electron chi connectivity index (χ1n) is 13.0. The summed E-state index contributed by atoms with van der Waals surface area (Å²) in [5.74, 6) is -0.175. The third-order valence-corrected chi connectivity index (χ3v) is 9.86. The average Bonchev–Trinajstić information content (AvgIpc) is 3.36. The molecule has 1 aliphatic rings. The highest BCUT2D eigenvalue weighted by Gasteiger charge is 2.25. The van der Waals surface area contributed by atoms with E-state index in [1.165, 1.54) is 27.8 Å². The SMILES string of the molecule is CCc1cccc2sc(N(CCCN3CCOCC3)C(=O)c3ccc(S(=O)(=O)N(CC)CC)cc3)nc12. The number of hydrogen-bond donors (Lipinski definition) is 0. The maximum atomic E-state index is 13.8. The van der Waals surface area contributed by atoms with Crippen LogP contribution >= 0.6 is 11.3 Å². The van der Waals surface area contributed by atoms with E-state index in [-0.39, 0.29) is 10.8 Å². The van der Waals surface area contributed by atoms with E-state index in [0.29, 0.717) is 30.3 Å². The van der Waals surface area contributed by atoms with E-state index in [1.807, 2.05) is 26.0 Å². The second-order valence-electron chi connectivity index (χ2n) is 8.99. The number of amides is 1. The van der Waals surface area contributed by atoms with Crippen molar-refractivity contribution in [2.24, 2.45) is 0 Å². The van der Waals surface area contributed by atoms with Gasteiger partial charge in [0.05, 0.1) is 28.3 Å². The molecule has 0 aliphatic carbocycles. The number of carbonyl (C=O) groups excluding carboxylic acids is 1. The van der Waals surface area contributed by atoms with Crippen molar-refractivity contribution in [3.8, 4) is 0 Å². The Labute approximate surface area is 223 Å². The summed E-state index contributed by atoms with van der Waals surface area (Å²) in [4.78, 5) is 22.9. The second kappa shape index (κ2) is 12.4. The van der Waals surface area contributed by atoms with Gasteiger partial charge < -0.3 is 4.74 Å². The first kappa shape index (κ1) is 27.7. The number of sulfonamides is 1. The van der Waals surface area contributed by atoms with Gasteiger partial charge in [-0.3, -0.25) is 14.6 Å². The van der Waals surface area contributed by atoms with Crippen LogP contribution in [-0.2, 0) is 21.2 Å². The molecule has 0 saturated carbocycles. The van der Waals surface area contributed by atoms with E-state index in [4.69, 9.17) is 9.72 Å². The summed E-state index contributed by atoms with van der Waals surface area (Å²) in [6.45, 7) is 11.2. The lowest BCUT2D eigenvalue weighted by Gasteiger charge is -2.27. The molecule has 0 bridgehead atoms. The summed E-state index contributed by atoms with van der Waals surface area (Å²) in [7, 11) is -3.59. The maximum absolute atomic E-state index is 13.8. The van der Waals surface area contributed by atoms with Gasteiger partial charge in [0.15, 0.2) is 5.13 Å². The Morgan fingerprint density at radius 2 is 1.76 bits per heavy atom.